The minimum absolute atomic E-state index is 0.00117. The van der Waals surface area contributed by atoms with Gasteiger partial charge in [-0.1, -0.05) is 6.07 Å². The van der Waals surface area contributed by atoms with Gasteiger partial charge in [-0.15, -0.1) is 0 Å². The van der Waals surface area contributed by atoms with Crippen LogP contribution in [0, 0.1) is 30.6 Å². The average molecular weight is 351 g/mol. The number of carbonyl (C=O) groups is 3. The van der Waals surface area contributed by atoms with E-state index in [4.69, 9.17) is 0 Å². The van der Waals surface area contributed by atoms with Gasteiger partial charge in [0.1, 0.15) is 5.78 Å². The van der Waals surface area contributed by atoms with E-state index in [0.29, 0.717) is 19.3 Å². The van der Waals surface area contributed by atoms with E-state index in [0.717, 1.165) is 11.0 Å². The van der Waals surface area contributed by atoms with Gasteiger partial charge in [0, 0.05) is 12.3 Å². The first-order valence-corrected chi connectivity index (χ1v) is 8.29. The number of fused-ring (bicyclic) bond motifs is 2. The van der Waals surface area contributed by atoms with Crippen LogP contribution in [0.15, 0.2) is 18.2 Å². The number of hydrogen-bond donors (Lipinski definition) is 0. The number of rotatable bonds is 1. The Kier molecular flexibility index (Phi) is 3.36. The van der Waals surface area contributed by atoms with E-state index < -0.39 is 41.3 Å². The van der Waals surface area contributed by atoms with Crippen molar-refractivity contribution in [2.45, 2.75) is 32.4 Å². The molecule has 1 aliphatic heterocycles. The third-order valence-corrected chi connectivity index (χ3v) is 5.92. The summed E-state index contributed by atoms with van der Waals surface area (Å²) in [5.74, 6) is -2.90. The van der Waals surface area contributed by atoms with E-state index in [-0.39, 0.29) is 23.0 Å². The molecule has 4 atom stereocenters. The number of Topliss-reactive ketones (excluding diaryl/α,β-unsaturated/α-hetero) is 1. The molecule has 1 aromatic rings. The fourth-order valence-electron chi connectivity index (χ4n) is 4.79. The zero-order chi connectivity index (χ0) is 18.1. The van der Waals surface area contributed by atoms with Crippen molar-refractivity contribution < 1.29 is 27.6 Å². The smallest absolute Gasteiger partial charge is 0.299 e. The van der Waals surface area contributed by atoms with Crippen LogP contribution in [0.4, 0.5) is 18.9 Å². The summed E-state index contributed by atoms with van der Waals surface area (Å²) in [7, 11) is 0. The van der Waals surface area contributed by atoms with Gasteiger partial charge >= 0.3 is 6.18 Å². The number of imide groups is 1. The van der Waals surface area contributed by atoms with Crippen molar-refractivity contribution in [1.82, 2.24) is 0 Å². The predicted molar refractivity (Wildman–Crippen MR) is 81.5 cm³/mol. The number of carbonyl (C=O) groups excluding carboxylic acids is 3. The Balaban J connectivity index is 1.79. The molecule has 25 heavy (non-hydrogen) atoms. The van der Waals surface area contributed by atoms with Crippen LogP contribution in [0.2, 0.25) is 0 Å². The van der Waals surface area contributed by atoms with Crippen LogP contribution in [0.25, 0.3) is 0 Å². The first kappa shape index (κ1) is 16.3. The highest BCUT2D eigenvalue weighted by molar-refractivity contribution is 6.24. The van der Waals surface area contributed by atoms with Gasteiger partial charge in [0.25, 0.3) is 0 Å². The summed E-state index contributed by atoms with van der Waals surface area (Å²) < 4.78 is 39.5. The Labute approximate surface area is 142 Å². The highest BCUT2D eigenvalue weighted by Crippen LogP contribution is 2.52. The zero-order valence-electron chi connectivity index (χ0n) is 13.5. The van der Waals surface area contributed by atoms with Crippen molar-refractivity contribution in [3.8, 4) is 0 Å². The van der Waals surface area contributed by atoms with Gasteiger partial charge < -0.3 is 0 Å². The molecule has 0 aromatic heterocycles. The molecule has 4 aliphatic rings. The van der Waals surface area contributed by atoms with Crippen LogP contribution < -0.4 is 4.90 Å². The topological polar surface area (TPSA) is 54.5 Å². The van der Waals surface area contributed by atoms with Crippen LogP contribution in [-0.4, -0.2) is 17.6 Å². The second-order valence-corrected chi connectivity index (χ2v) is 7.13. The lowest BCUT2D eigenvalue weighted by molar-refractivity contribution is -0.143. The molecular weight excluding hydrogens is 335 g/mol. The third-order valence-electron chi connectivity index (χ3n) is 5.92. The van der Waals surface area contributed by atoms with Gasteiger partial charge in [-0.05, 0) is 43.4 Å². The summed E-state index contributed by atoms with van der Waals surface area (Å²) >= 11 is 0. The van der Waals surface area contributed by atoms with E-state index in [1.807, 2.05) is 0 Å². The number of hydrogen-bond acceptors (Lipinski definition) is 3. The molecule has 0 N–H and O–H groups in total. The first-order chi connectivity index (χ1) is 11.7. The minimum Gasteiger partial charge on any atom is -0.299 e. The van der Waals surface area contributed by atoms with Gasteiger partial charge in [0.15, 0.2) is 0 Å². The molecule has 1 aromatic carbocycles. The predicted octanol–water partition coefficient (Wildman–Crippen LogP) is 3.12. The first-order valence-electron chi connectivity index (χ1n) is 8.29. The van der Waals surface area contributed by atoms with Crippen LogP contribution in [0.5, 0.6) is 0 Å². The molecule has 0 radical (unpaired) electrons. The summed E-state index contributed by atoms with van der Waals surface area (Å²) in [4.78, 5) is 38.8. The maximum atomic E-state index is 13.2. The number of nitrogens with zero attached hydrogens (tertiary/aromatic N) is 1. The Bertz CT molecular complexity index is 801. The summed E-state index contributed by atoms with van der Waals surface area (Å²) in [6.07, 6.45) is -2.97. The summed E-state index contributed by atoms with van der Waals surface area (Å²) in [6, 6.07) is 3.50. The van der Waals surface area contributed by atoms with Crippen LogP contribution in [0.3, 0.4) is 0 Å². The number of anilines is 1. The third kappa shape index (κ3) is 2.17. The SMILES string of the molecule is Cc1c(N2C(=O)C3C4CCC(C(=O)C4)C3C2=O)cccc1C(F)(F)F. The van der Waals surface area contributed by atoms with Crippen LogP contribution >= 0.6 is 0 Å². The lowest BCUT2D eigenvalue weighted by Crippen LogP contribution is -2.46. The lowest BCUT2D eigenvalue weighted by Gasteiger charge is -2.41. The molecule has 5 rings (SSSR count). The van der Waals surface area contributed by atoms with E-state index in [9.17, 15) is 27.6 Å². The maximum Gasteiger partial charge on any atom is 0.416 e. The molecule has 7 heteroatoms. The Morgan fingerprint density at radius 1 is 1.04 bits per heavy atom. The second kappa shape index (κ2) is 5.16. The van der Waals surface area contributed by atoms with Gasteiger partial charge in [-0.25, -0.2) is 4.90 Å². The highest BCUT2D eigenvalue weighted by Gasteiger charge is 2.61. The van der Waals surface area contributed by atoms with Crippen molar-refractivity contribution in [3.63, 3.8) is 0 Å². The number of benzene rings is 1. The fourth-order valence-corrected chi connectivity index (χ4v) is 4.79. The number of amides is 2. The molecule has 4 nitrogen and oxygen atoms in total. The van der Waals surface area contributed by atoms with E-state index in [1.54, 1.807) is 0 Å². The second-order valence-electron chi connectivity index (χ2n) is 7.13. The molecule has 3 saturated carbocycles. The van der Waals surface area contributed by atoms with Gasteiger partial charge in [0.2, 0.25) is 11.8 Å². The molecule has 1 heterocycles. The van der Waals surface area contributed by atoms with Gasteiger partial charge in [-0.2, -0.15) is 13.2 Å². The molecule has 1 saturated heterocycles. The highest BCUT2D eigenvalue weighted by atomic mass is 19.4. The molecule has 4 fully saturated rings. The lowest BCUT2D eigenvalue weighted by atomic mass is 9.59. The largest absolute Gasteiger partial charge is 0.416 e. The Morgan fingerprint density at radius 2 is 1.72 bits per heavy atom. The summed E-state index contributed by atoms with van der Waals surface area (Å²) in [6.45, 7) is 1.26. The van der Waals surface area contributed by atoms with Crippen molar-refractivity contribution in [2.24, 2.45) is 23.7 Å². The minimum atomic E-state index is -4.56. The molecule has 3 aliphatic carbocycles. The normalized spacial score (nSPS) is 31.7. The maximum absolute atomic E-state index is 13.2. The van der Waals surface area contributed by atoms with Crippen molar-refractivity contribution >= 4 is 23.3 Å². The van der Waals surface area contributed by atoms with E-state index in [2.05, 4.69) is 0 Å². The van der Waals surface area contributed by atoms with Crippen molar-refractivity contribution in [1.29, 1.82) is 0 Å². The molecule has 132 valence electrons. The number of halogens is 3. The summed E-state index contributed by atoms with van der Waals surface area (Å²) in [5, 5.41) is 0. The molecule has 2 bridgehead atoms. The molecule has 4 unspecified atom stereocenters. The van der Waals surface area contributed by atoms with Gasteiger partial charge in [-0.3, -0.25) is 14.4 Å². The molecular formula is C18H16F3NO3. The van der Waals surface area contributed by atoms with E-state index >= 15 is 0 Å². The van der Waals surface area contributed by atoms with Gasteiger partial charge in [0.05, 0.1) is 23.1 Å². The number of alkyl halides is 3. The number of ketones is 1. The Morgan fingerprint density at radius 3 is 2.36 bits per heavy atom. The molecule has 0 spiro atoms. The average Bonchev–Trinajstić information content (AvgIpc) is 2.80. The van der Waals surface area contributed by atoms with Crippen molar-refractivity contribution in [2.75, 3.05) is 4.90 Å². The Hall–Kier alpha value is -2.18. The zero-order valence-corrected chi connectivity index (χ0v) is 13.5. The quantitative estimate of drug-likeness (QED) is 0.731. The standard InChI is InChI=1S/C18H16F3NO3/c1-8-11(18(19,20)21)3-2-4-12(8)22-16(24)14-9-5-6-10(13(23)7-9)15(14)17(22)25/h2-4,9-10,14-15H,5-7H2,1H3. The fraction of sp³-hybridized carbons (Fsp3) is 0.500. The van der Waals surface area contributed by atoms with Crippen LogP contribution in [-0.2, 0) is 20.6 Å². The molecule has 2 amide bonds. The van der Waals surface area contributed by atoms with Crippen molar-refractivity contribution in [3.05, 3.63) is 29.3 Å². The van der Waals surface area contributed by atoms with E-state index in [1.165, 1.54) is 19.1 Å². The summed E-state index contributed by atoms with van der Waals surface area (Å²) in [5.41, 5.74) is -1.03. The monoisotopic (exact) mass is 351 g/mol. The van der Waals surface area contributed by atoms with Crippen LogP contribution in [0.1, 0.15) is 30.4 Å².